The lowest BCUT2D eigenvalue weighted by molar-refractivity contribution is 0.0819. The SMILES string of the molecule is CNC(C)c1cc(F)ccc1N1CCC(OC)CC1. The monoisotopic (exact) mass is 266 g/mol. The van der Waals surface area contributed by atoms with Crippen LogP contribution in [-0.4, -0.2) is 33.4 Å². The Morgan fingerprint density at radius 3 is 2.63 bits per heavy atom. The molecule has 1 saturated heterocycles. The van der Waals surface area contributed by atoms with Gasteiger partial charge in [-0.1, -0.05) is 0 Å². The Labute approximate surface area is 114 Å². The smallest absolute Gasteiger partial charge is 0.123 e. The molecule has 1 N–H and O–H groups in total. The topological polar surface area (TPSA) is 24.5 Å². The Hall–Kier alpha value is -1.13. The first kappa shape index (κ1) is 14.3. The predicted molar refractivity (Wildman–Crippen MR) is 76.1 cm³/mol. The van der Waals surface area contributed by atoms with Crippen LogP contribution in [0.2, 0.25) is 0 Å². The molecule has 1 aromatic carbocycles. The summed E-state index contributed by atoms with van der Waals surface area (Å²) in [5.41, 5.74) is 2.16. The number of ether oxygens (including phenoxy) is 1. The molecule has 2 rings (SSSR count). The van der Waals surface area contributed by atoms with Crippen molar-refractivity contribution in [3.8, 4) is 0 Å². The summed E-state index contributed by atoms with van der Waals surface area (Å²) in [6, 6.07) is 5.22. The van der Waals surface area contributed by atoms with E-state index in [2.05, 4.69) is 17.1 Å². The predicted octanol–water partition coefficient (Wildman–Crippen LogP) is 2.72. The summed E-state index contributed by atoms with van der Waals surface area (Å²) in [5.74, 6) is -0.173. The Morgan fingerprint density at radius 1 is 1.37 bits per heavy atom. The molecule has 106 valence electrons. The van der Waals surface area contributed by atoms with Crippen LogP contribution >= 0.6 is 0 Å². The van der Waals surface area contributed by atoms with Crippen LogP contribution in [0.15, 0.2) is 18.2 Å². The van der Waals surface area contributed by atoms with Crippen LogP contribution in [0.25, 0.3) is 0 Å². The van der Waals surface area contributed by atoms with Crippen molar-refractivity contribution in [3.05, 3.63) is 29.6 Å². The number of methoxy groups -OCH3 is 1. The maximum Gasteiger partial charge on any atom is 0.123 e. The number of nitrogens with one attached hydrogen (secondary N) is 1. The van der Waals surface area contributed by atoms with Gasteiger partial charge in [0.05, 0.1) is 6.10 Å². The number of hydrogen-bond acceptors (Lipinski definition) is 3. The van der Waals surface area contributed by atoms with Crippen molar-refractivity contribution in [3.63, 3.8) is 0 Å². The molecule has 1 fully saturated rings. The third-order valence-corrected chi connectivity index (χ3v) is 4.01. The van der Waals surface area contributed by atoms with Gasteiger partial charge in [0, 0.05) is 31.9 Å². The second-order valence-corrected chi connectivity index (χ2v) is 5.14. The van der Waals surface area contributed by atoms with Gasteiger partial charge >= 0.3 is 0 Å². The summed E-state index contributed by atoms with van der Waals surface area (Å²) in [4.78, 5) is 2.33. The third-order valence-electron chi connectivity index (χ3n) is 4.01. The van der Waals surface area contributed by atoms with E-state index in [-0.39, 0.29) is 11.9 Å². The molecule has 1 heterocycles. The minimum atomic E-state index is -0.173. The van der Waals surface area contributed by atoms with Crippen molar-refractivity contribution in [2.24, 2.45) is 0 Å². The summed E-state index contributed by atoms with van der Waals surface area (Å²) < 4.78 is 18.9. The molecule has 3 nitrogen and oxygen atoms in total. The van der Waals surface area contributed by atoms with Gasteiger partial charge in [-0.15, -0.1) is 0 Å². The van der Waals surface area contributed by atoms with E-state index in [0.29, 0.717) is 6.10 Å². The fraction of sp³-hybridized carbons (Fsp3) is 0.600. The molecular formula is C15H23FN2O. The van der Waals surface area contributed by atoms with Crippen molar-refractivity contribution in [1.29, 1.82) is 0 Å². The summed E-state index contributed by atoms with van der Waals surface area (Å²) in [6.45, 7) is 3.99. The van der Waals surface area contributed by atoms with Crippen LogP contribution in [0.5, 0.6) is 0 Å². The fourth-order valence-corrected chi connectivity index (χ4v) is 2.65. The van der Waals surface area contributed by atoms with E-state index >= 15 is 0 Å². The van der Waals surface area contributed by atoms with E-state index in [0.717, 1.165) is 37.2 Å². The van der Waals surface area contributed by atoms with Crippen LogP contribution in [0.4, 0.5) is 10.1 Å². The zero-order valence-corrected chi connectivity index (χ0v) is 11.9. The van der Waals surface area contributed by atoms with Crippen molar-refractivity contribution in [2.75, 3.05) is 32.1 Å². The molecule has 0 aliphatic carbocycles. The number of hydrogen-bond donors (Lipinski definition) is 1. The van der Waals surface area contributed by atoms with Crippen LogP contribution in [0.1, 0.15) is 31.4 Å². The number of nitrogens with zero attached hydrogens (tertiary/aromatic N) is 1. The highest BCUT2D eigenvalue weighted by Gasteiger charge is 2.22. The number of piperidine rings is 1. The largest absolute Gasteiger partial charge is 0.381 e. The Morgan fingerprint density at radius 2 is 2.05 bits per heavy atom. The molecule has 4 heteroatoms. The van der Waals surface area contributed by atoms with Gasteiger partial charge in [0.1, 0.15) is 5.82 Å². The van der Waals surface area contributed by atoms with Gasteiger partial charge in [0.2, 0.25) is 0 Å². The zero-order chi connectivity index (χ0) is 13.8. The fourth-order valence-electron chi connectivity index (χ4n) is 2.65. The molecule has 1 atom stereocenters. The second-order valence-electron chi connectivity index (χ2n) is 5.14. The van der Waals surface area contributed by atoms with E-state index < -0.39 is 0 Å². The van der Waals surface area contributed by atoms with Gasteiger partial charge in [0.15, 0.2) is 0 Å². The molecule has 0 saturated carbocycles. The number of anilines is 1. The second kappa shape index (κ2) is 6.35. The first-order valence-corrected chi connectivity index (χ1v) is 6.90. The number of halogens is 1. The average molecular weight is 266 g/mol. The van der Waals surface area contributed by atoms with Gasteiger partial charge in [-0.3, -0.25) is 0 Å². The number of rotatable bonds is 4. The molecule has 0 radical (unpaired) electrons. The Balaban J connectivity index is 2.20. The van der Waals surface area contributed by atoms with Gasteiger partial charge in [-0.05, 0) is 50.6 Å². The first-order chi connectivity index (χ1) is 9.15. The summed E-state index contributed by atoms with van der Waals surface area (Å²) >= 11 is 0. The highest BCUT2D eigenvalue weighted by Crippen LogP contribution is 2.29. The quantitative estimate of drug-likeness (QED) is 0.907. The van der Waals surface area contributed by atoms with Gasteiger partial charge in [-0.2, -0.15) is 0 Å². The molecule has 1 aromatic rings. The van der Waals surface area contributed by atoms with E-state index in [4.69, 9.17) is 4.74 Å². The third kappa shape index (κ3) is 3.25. The summed E-state index contributed by atoms with van der Waals surface area (Å²) in [5, 5.41) is 3.19. The van der Waals surface area contributed by atoms with Crippen molar-refractivity contribution >= 4 is 5.69 Å². The van der Waals surface area contributed by atoms with E-state index in [1.807, 2.05) is 13.1 Å². The molecular weight excluding hydrogens is 243 g/mol. The Bertz CT molecular complexity index is 417. The highest BCUT2D eigenvalue weighted by molar-refractivity contribution is 5.55. The number of benzene rings is 1. The average Bonchev–Trinajstić information content (AvgIpc) is 2.46. The van der Waals surface area contributed by atoms with E-state index in [1.165, 1.54) is 0 Å². The molecule has 1 unspecified atom stereocenters. The van der Waals surface area contributed by atoms with Crippen molar-refractivity contribution in [2.45, 2.75) is 31.9 Å². The lowest BCUT2D eigenvalue weighted by atomic mass is 10.0. The van der Waals surface area contributed by atoms with Crippen LogP contribution in [0, 0.1) is 5.82 Å². The summed E-state index contributed by atoms with van der Waals surface area (Å²) in [6.07, 6.45) is 2.42. The molecule has 1 aliphatic heterocycles. The van der Waals surface area contributed by atoms with Gasteiger partial charge in [-0.25, -0.2) is 4.39 Å². The molecule has 0 spiro atoms. The first-order valence-electron chi connectivity index (χ1n) is 6.90. The maximum absolute atomic E-state index is 13.5. The Kier molecular flexibility index (Phi) is 4.77. The van der Waals surface area contributed by atoms with E-state index in [9.17, 15) is 4.39 Å². The molecule has 1 aliphatic rings. The minimum absolute atomic E-state index is 0.144. The highest BCUT2D eigenvalue weighted by atomic mass is 19.1. The van der Waals surface area contributed by atoms with E-state index in [1.54, 1.807) is 19.2 Å². The lowest BCUT2D eigenvalue weighted by Gasteiger charge is -2.35. The molecule has 0 amide bonds. The lowest BCUT2D eigenvalue weighted by Crippen LogP contribution is -2.37. The maximum atomic E-state index is 13.5. The van der Waals surface area contributed by atoms with Gasteiger partial charge in [0.25, 0.3) is 0 Å². The van der Waals surface area contributed by atoms with Crippen molar-refractivity contribution in [1.82, 2.24) is 5.32 Å². The molecule has 19 heavy (non-hydrogen) atoms. The summed E-state index contributed by atoms with van der Waals surface area (Å²) in [7, 11) is 3.67. The van der Waals surface area contributed by atoms with Crippen molar-refractivity contribution < 1.29 is 9.13 Å². The van der Waals surface area contributed by atoms with Crippen LogP contribution in [0.3, 0.4) is 0 Å². The van der Waals surface area contributed by atoms with Gasteiger partial charge < -0.3 is 15.0 Å². The molecule has 0 aromatic heterocycles. The van der Waals surface area contributed by atoms with Crippen LogP contribution < -0.4 is 10.2 Å². The van der Waals surface area contributed by atoms with Crippen LogP contribution in [-0.2, 0) is 4.74 Å². The normalized spacial score (nSPS) is 18.6. The molecule has 0 bridgehead atoms. The zero-order valence-electron chi connectivity index (χ0n) is 11.9. The minimum Gasteiger partial charge on any atom is -0.381 e. The standard InChI is InChI=1S/C15H23FN2O/c1-11(17-2)14-10-12(16)4-5-15(14)18-8-6-13(19-3)7-9-18/h4-5,10-11,13,17H,6-9H2,1-3H3.